The second kappa shape index (κ2) is 8.65. The third kappa shape index (κ3) is 4.75. The molecule has 0 saturated carbocycles. The lowest BCUT2D eigenvalue weighted by Gasteiger charge is -2.37. The fraction of sp³-hybridized carbons (Fsp3) is 0.571. The van der Waals surface area contributed by atoms with Crippen LogP contribution < -0.4 is 0 Å². The molecule has 6 heteroatoms. The number of aryl methyl sites for hydroxylation is 2. The lowest BCUT2D eigenvalue weighted by atomic mass is 10.0. The maximum atomic E-state index is 13.2. The average Bonchev–Trinajstić information content (AvgIpc) is 2.91. The van der Waals surface area contributed by atoms with Crippen LogP contribution in [0.3, 0.4) is 0 Å². The number of piperidine rings is 1. The van der Waals surface area contributed by atoms with Crippen molar-refractivity contribution in [1.29, 1.82) is 0 Å². The third-order valence-electron chi connectivity index (χ3n) is 5.80. The maximum absolute atomic E-state index is 13.2. The minimum Gasteiger partial charge on any atom is -0.335 e. The summed E-state index contributed by atoms with van der Waals surface area (Å²) in [7, 11) is 4.11. The van der Waals surface area contributed by atoms with E-state index in [4.69, 9.17) is 0 Å². The molecule has 1 saturated heterocycles. The molecule has 0 bridgehead atoms. The first-order chi connectivity index (χ1) is 13.0. The van der Waals surface area contributed by atoms with Crippen molar-refractivity contribution in [2.24, 2.45) is 7.05 Å². The molecule has 6 nitrogen and oxygen atoms in total. The van der Waals surface area contributed by atoms with Gasteiger partial charge in [0.15, 0.2) is 0 Å². The zero-order chi connectivity index (χ0) is 19.4. The van der Waals surface area contributed by atoms with Crippen LogP contribution in [0.5, 0.6) is 0 Å². The molecule has 146 valence electrons. The Morgan fingerprint density at radius 2 is 1.85 bits per heavy atom. The predicted octanol–water partition coefficient (Wildman–Crippen LogP) is 2.49. The van der Waals surface area contributed by atoms with Crippen LogP contribution in [-0.2, 0) is 24.8 Å². The summed E-state index contributed by atoms with van der Waals surface area (Å²) in [4.78, 5) is 21.7. The molecule has 0 unspecified atom stereocenters. The smallest absolute Gasteiger partial charge is 0.223 e. The summed E-state index contributed by atoms with van der Waals surface area (Å²) in [5, 5.41) is 4.48. The van der Waals surface area contributed by atoms with Crippen LogP contribution in [-0.4, -0.2) is 56.7 Å². The summed E-state index contributed by atoms with van der Waals surface area (Å²) in [6.07, 6.45) is 6.97. The molecule has 0 aromatic carbocycles. The zero-order valence-corrected chi connectivity index (χ0v) is 17.0. The highest BCUT2D eigenvalue weighted by atomic mass is 16.2. The van der Waals surface area contributed by atoms with Crippen molar-refractivity contribution in [2.75, 3.05) is 20.1 Å². The van der Waals surface area contributed by atoms with Gasteiger partial charge in [-0.05, 0) is 76.5 Å². The number of rotatable bonds is 6. The fourth-order valence-electron chi connectivity index (χ4n) is 3.97. The Morgan fingerprint density at radius 1 is 1.19 bits per heavy atom. The van der Waals surface area contributed by atoms with Gasteiger partial charge in [0.1, 0.15) is 0 Å². The highest BCUT2D eigenvalue weighted by Crippen LogP contribution is 2.21. The number of hydrogen-bond acceptors (Lipinski definition) is 4. The molecule has 1 aliphatic rings. The van der Waals surface area contributed by atoms with Crippen molar-refractivity contribution in [3.8, 4) is 0 Å². The van der Waals surface area contributed by atoms with Gasteiger partial charge in [-0.25, -0.2) is 0 Å². The quantitative estimate of drug-likeness (QED) is 0.785. The summed E-state index contributed by atoms with van der Waals surface area (Å²) in [5.41, 5.74) is 4.53. The Kier molecular flexibility index (Phi) is 6.26. The van der Waals surface area contributed by atoms with E-state index in [1.54, 1.807) is 12.4 Å². The summed E-state index contributed by atoms with van der Waals surface area (Å²) >= 11 is 0. The van der Waals surface area contributed by atoms with Crippen LogP contribution in [0.15, 0.2) is 24.5 Å². The second-order valence-corrected chi connectivity index (χ2v) is 7.68. The molecule has 0 radical (unpaired) electrons. The van der Waals surface area contributed by atoms with E-state index in [2.05, 4.69) is 33.9 Å². The molecule has 0 atom stereocenters. The van der Waals surface area contributed by atoms with Crippen molar-refractivity contribution in [2.45, 2.75) is 52.1 Å². The molecule has 27 heavy (non-hydrogen) atoms. The Labute approximate surface area is 162 Å². The van der Waals surface area contributed by atoms with E-state index in [0.717, 1.165) is 49.3 Å². The van der Waals surface area contributed by atoms with Gasteiger partial charge in [-0.2, -0.15) is 5.10 Å². The summed E-state index contributed by atoms with van der Waals surface area (Å²) < 4.78 is 1.90. The average molecular weight is 370 g/mol. The first kappa shape index (κ1) is 19.5. The van der Waals surface area contributed by atoms with Gasteiger partial charge in [-0.1, -0.05) is 0 Å². The van der Waals surface area contributed by atoms with Gasteiger partial charge in [-0.3, -0.25) is 14.5 Å². The Bertz CT molecular complexity index is 762. The summed E-state index contributed by atoms with van der Waals surface area (Å²) in [5.74, 6) is 0.240. The van der Waals surface area contributed by atoms with E-state index in [9.17, 15) is 4.79 Å². The normalized spacial score (nSPS) is 15.9. The molecule has 0 N–H and O–H groups in total. The van der Waals surface area contributed by atoms with Crippen LogP contribution in [0.4, 0.5) is 0 Å². The topological polar surface area (TPSA) is 54.3 Å². The number of hydrogen-bond donors (Lipinski definition) is 0. The van der Waals surface area contributed by atoms with Crippen LogP contribution in [0.1, 0.15) is 41.8 Å². The van der Waals surface area contributed by atoms with E-state index >= 15 is 0 Å². The minimum atomic E-state index is 0.240. The van der Waals surface area contributed by atoms with E-state index in [-0.39, 0.29) is 5.91 Å². The molecule has 3 heterocycles. The lowest BCUT2D eigenvalue weighted by molar-refractivity contribution is -0.135. The first-order valence-corrected chi connectivity index (χ1v) is 9.81. The Hall–Kier alpha value is -2.21. The third-order valence-corrected chi connectivity index (χ3v) is 5.80. The zero-order valence-electron chi connectivity index (χ0n) is 17.0. The van der Waals surface area contributed by atoms with Crippen LogP contribution in [0, 0.1) is 13.8 Å². The van der Waals surface area contributed by atoms with Crippen molar-refractivity contribution in [3.05, 3.63) is 47.0 Å². The number of nitrogens with zero attached hydrogens (tertiary/aromatic N) is 5. The molecule has 1 amide bonds. The number of aromatic nitrogens is 3. The number of carbonyl (C=O) groups excluding carboxylic acids is 1. The minimum absolute atomic E-state index is 0.240. The van der Waals surface area contributed by atoms with E-state index in [1.165, 1.54) is 5.56 Å². The SMILES string of the molecule is Cc1nn(C)c(C)c1CCC(=O)N(Cc1ccncc1)C1CCN(C)CC1. The summed E-state index contributed by atoms with van der Waals surface area (Å²) in [6, 6.07) is 4.33. The molecular formula is C21H31N5O. The second-order valence-electron chi connectivity index (χ2n) is 7.68. The summed E-state index contributed by atoms with van der Waals surface area (Å²) in [6.45, 7) is 6.86. The highest BCUT2D eigenvalue weighted by Gasteiger charge is 2.27. The highest BCUT2D eigenvalue weighted by molar-refractivity contribution is 5.77. The molecule has 1 aliphatic heterocycles. The Morgan fingerprint density at radius 3 is 2.44 bits per heavy atom. The molecule has 0 spiro atoms. The van der Waals surface area contributed by atoms with Gasteiger partial charge in [0.25, 0.3) is 0 Å². The molecular weight excluding hydrogens is 338 g/mol. The number of carbonyl (C=O) groups is 1. The first-order valence-electron chi connectivity index (χ1n) is 9.81. The number of amides is 1. The molecule has 0 aliphatic carbocycles. The Balaban J connectivity index is 1.71. The predicted molar refractivity (Wildman–Crippen MR) is 106 cm³/mol. The van der Waals surface area contributed by atoms with E-state index in [0.29, 0.717) is 19.0 Å². The number of pyridine rings is 1. The van der Waals surface area contributed by atoms with Crippen molar-refractivity contribution in [1.82, 2.24) is 24.6 Å². The molecule has 2 aromatic rings. The van der Waals surface area contributed by atoms with Gasteiger partial charge in [0, 0.05) is 44.1 Å². The van der Waals surface area contributed by atoms with Crippen LogP contribution in [0.2, 0.25) is 0 Å². The van der Waals surface area contributed by atoms with Gasteiger partial charge in [0.05, 0.1) is 5.69 Å². The van der Waals surface area contributed by atoms with Crippen molar-refractivity contribution < 1.29 is 4.79 Å². The van der Waals surface area contributed by atoms with Gasteiger partial charge in [-0.15, -0.1) is 0 Å². The molecule has 1 fully saturated rings. The van der Waals surface area contributed by atoms with Gasteiger partial charge in [0.2, 0.25) is 5.91 Å². The molecule has 2 aromatic heterocycles. The monoisotopic (exact) mass is 369 g/mol. The maximum Gasteiger partial charge on any atom is 0.223 e. The number of likely N-dealkylation sites (tertiary alicyclic amines) is 1. The van der Waals surface area contributed by atoms with Gasteiger partial charge < -0.3 is 9.80 Å². The van der Waals surface area contributed by atoms with E-state index < -0.39 is 0 Å². The van der Waals surface area contributed by atoms with Crippen molar-refractivity contribution >= 4 is 5.91 Å². The van der Waals surface area contributed by atoms with Gasteiger partial charge >= 0.3 is 0 Å². The van der Waals surface area contributed by atoms with Crippen LogP contribution in [0.25, 0.3) is 0 Å². The lowest BCUT2D eigenvalue weighted by Crippen LogP contribution is -2.46. The largest absolute Gasteiger partial charge is 0.335 e. The molecule has 3 rings (SSSR count). The van der Waals surface area contributed by atoms with Crippen molar-refractivity contribution in [3.63, 3.8) is 0 Å². The van der Waals surface area contributed by atoms with Crippen LogP contribution >= 0.6 is 0 Å². The standard InChI is InChI=1S/C21H31N5O/c1-16-20(17(2)25(4)23-16)5-6-21(27)26(15-18-7-11-22-12-8-18)19-9-13-24(3)14-10-19/h7-8,11-12,19H,5-6,9-10,13-15H2,1-4H3. The van der Waals surface area contributed by atoms with E-state index in [1.807, 2.05) is 30.8 Å². The fourth-order valence-corrected chi connectivity index (χ4v) is 3.97.